The van der Waals surface area contributed by atoms with Crippen LogP contribution in [0.4, 0.5) is 5.69 Å². The number of carbonyl (C=O) groups excluding carboxylic acids is 2. The van der Waals surface area contributed by atoms with Crippen LogP contribution in [0.25, 0.3) is 0 Å². The summed E-state index contributed by atoms with van der Waals surface area (Å²) in [5.74, 6) is 0.203. The third-order valence-electron chi connectivity index (χ3n) is 6.28. The highest BCUT2D eigenvalue weighted by atomic mass is 16.5. The van der Waals surface area contributed by atoms with Gasteiger partial charge in [0.1, 0.15) is 0 Å². The number of hydrogen-bond donors (Lipinski definition) is 0. The van der Waals surface area contributed by atoms with E-state index in [-0.39, 0.29) is 17.9 Å². The third-order valence-corrected chi connectivity index (χ3v) is 6.28. The van der Waals surface area contributed by atoms with Crippen LogP contribution in [0.2, 0.25) is 0 Å². The van der Waals surface area contributed by atoms with Crippen molar-refractivity contribution in [3.63, 3.8) is 0 Å². The van der Waals surface area contributed by atoms with Gasteiger partial charge in [-0.2, -0.15) is 0 Å². The summed E-state index contributed by atoms with van der Waals surface area (Å²) >= 11 is 0. The lowest BCUT2D eigenvalue weighted by atomic mass is 10.1. The van der Waals surface area contributed by atoms with Crippen LogP contribution in [0.1, 0.15) is 47.2 Å². The molecular formula is C26H33N3O3. The number of carbonyl (C=O) groups is 2. The quantitative estimate of drug-likeness (QED) is 0.635. The summed E-state index contributed by atoms with van der Waals surface area (Å²) in [6, 6.07) is 16.0. The second kappa shape index (κ2) is 10.2. The lowest BCUT2D eigenvalue weighted by Gasteiger charge is -2.26. The molecule has 2 aromatic rings. The fraction of sp³-hybridized carbons (Fsp3) is 0.462. The van der Waals surface area contributed by atoms with Crippen molar-refractivity contribution >= 4 is 17.5 Å². The maximum Gasteiger partial charge on any atom is 0.254 e. The van der Waals surface area contributed by atoms with Crippen LogP contribution in [-0.2, 0) is 22.6 Å². The van der Waals surface area contributed by atoms with Gasteiger partial charge in [-0.3, -0.25) is 9.59 Å². The summed E-state index contributed by atoms with van der Waals surface area (Å²) in [6.07, 6.45) is 3.66. The smallest absolute Gasteiger partial charge is 0.254 e. The molecule has 0 N–H and O–H groups in total. The minimum absolute atomic E-state index is 0.00628. The molecule has 32 heavy (non-hydrogen) atoms. The number of likely N-dealkylation sites (tertiary alicyclic amines) is 1. The van der Waals surface area contributed by atoms with E-state index in [0.717, 1.165) is 49.2 Å². The number of benzene rings is 2. The molecule has 0 saturated carbocycles. The monoisotopic (exact) mass is 435 g/mol. The maximum absolute atomic E-state index is 13.5. The molecule has 6 nitrogen and oxygen atoms in total. The van der Waals surface area contributed by atoms with Crippen LogP contribution in [-0.4, -0.2) is 61.5 Å². The summed E-state index contributed by atoms with van der Waals surface area (Å²) in [5, 5.41) is 0. The first-order chi connectivity index (χ1) is 15.5. The summed E-state index contributed by atoms with van der Waals surface area (Å²) in [7, 11) is 4.04. The van der Waals surface area contributed by atoms with Gasteiger partial charge in [0.15, 0.2) is 0 Å². The molecule has 0 spiro atoms. The van der Waals surface area contributed by atoms with E-state index in [0.29, 0.717) is 31.6 Å². The predicted octanol–water partition coefficient (Wildman–Crippen LogP) is 3.70. The molecule has 2 saturated heterocycles. The van der Waals surface area contributed by atoms with Gasteiger partial charge < -0.3 is 19.4 Å². The average Bonchev–Trinajstić information content (AvgIpc) is 3.45. The number of nitrogens with zero attached hydrogens (tertiary/aromatic N) is 3. The maximum atomic E-state index is 13.5. The highest BCUT2D eigenvalue weighted by molar-refractivity contribution is 5.94. The van der Waals surface area contributed by atoms with Gasteiger partial charge in [-0.15, -0.1) is 0 Å². The molecule has 2 aliphatic rings. The zero-order chi connectivity index (χ0) is 22.5. The fourth-order valence-corrected chi connectivity index (χ4v) is 4.45. The molecule has 0 bridgehead atoms. The number of hydrogen-bond acceptors (Lipinski definition) is 4. The van der Waals surface area contributed by atoms with Gasteiger partial charge >= 0.3 is 0 Å². The zero-order valence-electron chi connectivity index (χ0n) is 19.1. The van der Waals surface area contributed by atoms with Crippen molar-refractivity contribution in [3.8, 4) is 0 Å². The van der Waals surface area contributed by atoms with Gasteiger partial charge in [0.2, 0.25) is 5.91 Å². The molecule has 2 heterocycles. The van der Waals surface area contributed by atoms with Crippen LogP contribution in [0.5, 0.6) is 0 Å². The Bertz CT molecular complexity index is 936. The van der Waals surface area contributed by atoms with Crippen LogP contribution < -0.4 is 4.90 Å². The minimum Gasteiger partial charge on any atom is -0.378 e. The topological polar surface area (TPSA) is 53.1 Å². The van der Waals surface area contributed by atoms with Crippen molar-refractivity contribution in [2.75, 3.05) is 38.7 Å². The van der Waals surface area contributed by atoms with E-state index in [4.69, 9.17) is 4.74 Å². The Labute approximate surface area is 190 Å². The summed E-state index contributed by atoms with van der Waals surface area (Å²) < 4.78 is 5.84. The Morgan fingerprint density at radius 1 is 1.09 bits per heavy atom. The number of ether oxygens (including phenoxy) is 1. The van der Waals surface area contributed by atoms with E-state index < -0.39 is 0 Å². The molecule has 1 unspecified atom stereocenters. The standard InChI is InChI=1S/C26H33N3O3/c1-27(2)23-12-10-20(11-13-23)17-29(19-24-8-5-15-32-24)26(31)22-7-3-6-21(16-22)18-28-14-4-9-25(28)30/h3,6-7,10-13,16,24H,4-5,8-9,14-15,17-19H2,1-2H3. The molecule has 2 fully saturated rings. The van der Waals surface area contributed by atoms with Crippen molar-refractivity contribution in [2.45, 2.75) is 44.9 Å². The Balaban J connectivity index is 1.51. The summed E-state index contributed by atoms with van der Waals surface area (Å²) in [4.78, 5) is 31.4. The molecule has 170 valence electrons. The molecule has 0 aliphatic carbocycles. The Hall–Kier alpha value is -2.86. The van der Waals surface area contributed by atoms with Gasteiger partial charge in [0, 0.05) is 64.6 Å². The van der Waals surface area contributed by atoms with Crippen molar-refractivity contribution in [1.82, 2.24) is 9.80 Å². The molecule has 2 aliphatic heterocycles. The first-order valence-electron chi connectivity index (χ1n) is 11.5. The van der Waals surface area contributed by atoms with Crippen molar-refractivity contribution in [3.05, 3.63) is 65.2 Å². The van der Waals surface area contributed by atoms with Crippen LogP contribution in [0.15, 0.2) is 48.5 Å². The lowest BCUT2D eigenvalue weighted by Crippen LogP contribution is -2.37. The van der Waals surface area contributed by atoms with Crippen LogP contribution in [0.3, 0.4) is 0 Å². The van der Waals surface area contributed by atoms with E-state index in [1.54, 1.807) is 0 Å². The predicted molar refractivity (Wildman–Crippen MR) is 126 cm³/mol. The highest BCUT2D eigenvalue weighted by Gasteiger charge is 2.25. The molecule has 4 rings (SSSR count). The first kappa shape index (κ1) is 22.3. The summed E-state index contributed by atoms with van der Waals surface area (Å²) in [6.45, 7) is 3.26. The fourth-order valence-electron chi connectivity index (χ4n) is 4.45. The average molecular weight is 436 g/mol. The number of anilines is 1. The molecular weight excluding hydrogens is 402 g/mol. The van der Waals surface area contributed by atoms with Crippen LogP contribution in [0, 0.1) is 0 Å². The van der Waals surface area contributed by atoms with Crippen molar-refractivity contribution in [1.29, 1.82) is 0 Å². The lowest BCUT2D eigenvalue weighted by molar-refractivity contribution is -0.128. The number of rotatable bonds is 8. The second-order valence-electron chi connectivity index (χ2n) is 9.00. The Kier molecular flexibility index (Phi) is 7.10. The van der Waals surface area contributed by atoms with Gasteiger partial charge in [0.05, 0.1) is 6.10 Å². The normalized spacial score (nSPS) is 18.2. The molecule has 0 aromatic heterocycles. The molecule has 6 heteroatoms. The first-order valence-corrected chi connectivity index (χ1v) is 11.5. The van der Waals surface area contributed by atoms with Gasteiger partial charge in [0.25, 0.3) is 5.91 Å². The molecule has 0 radical (unpaired) electrons. The van der Waals surface area contributed by atoms with E-state index in [9.17, 15) is 9.59 Å². The largest absolute Gasteiger partial charge is 0.378 e. The van der Waals surface area contributed by atoms with E-state index in [1.165, 1.54) is 0 Å². The SMILES string of the molecule is CN(C)c1ccc(CN(CC2CCCO2)C(=O)c2cccc(CN3CCCC3=O)c2)cc1. The zero-order valence-corrected chi connectivity index (χ0v) is 19.1. The highest BCUT2D eigenvalue weighted by Crippen LogP contribution is 2.21. The second-order valence-corrected chi connectivity index (χ2v) is 9.00. The number of amides is 2. The Morgan fingerprint density at radius 3 is 2.56 bits per heavy atom. The van der Waals surface area contributed by atoms with Crippen LogP contribution >= 0.6 is 0 Å². The summed E-state index contributed by atoms with van der Waals surface area (Å²) in [5.41, 5.74) is 3.89. The molecule has 2 amide bonds. The molecule has 1 atom stereocenters. The van der Waals surface area contributed by atoms with Crippen molar-refractivity contribution < 1.29 is 14.3 Å². The third kappa shape index (κ3) is 5.49. The minimum atomic E-state index is 0.00628. The van der Waals surface area contributed by atoms with Crippen molar-refractivity contribution in [2.24, 2.45) is 0 Å². The van der Waals surface area contributed by atoms with E-state index in [1.807, 2.05) is 48.2 Å². The van der Waals surface area contributed by atoms with Gasteiger partial charge in [-0.05, 0) is 54.7 Å². The molecule has 2 aromatic carbocycles. The van der Waals surface area contributed by atoms with E-state index >= 15 is 0 Å². The van der Waals surface area contributed by atoms with E-state index in [2.05, 4.69) is 29.2 Å². The Morgan fingerprint density at radius 2 is 1.91 bits per heavy atom. The van der Waals surface area contributed by atoms with Gasteiger partial charge in [-0.1, -0.05) is 24.3 Å². The van der Waals surface area contributed by atoms with Gasteiger partial charge in [-0.25, -0.2) is 0 Å².